The highest BCUT2D eigenvalue weighted by molar-refractivity contribution is 5.88. The van der Waals surface area contributed by atoms with Gasteiger partial charge >= 0.3 is 0 Å². The van der Waals surface area contributed by atoms with Crippen LogP contribution in [0, 0.1) is 5.92 Å². The molecule has 0 spiro atoms. The van der Waals surface area contributed by atoms with Gasteiger partial charge in [-0.3, -0.25) is 0 Å². The van der Waals surface area contributed by atoms with Crippen LogP contribution in [0.15, 0.2) is 24.4 Å². The van der Waals surface area contributed by atoms with E-state index >= 15 is 0 Å². The number of aromatic nitrogens is 1. The summed E-state index contributed by atoms with van der Waals surface area (Å²) in [6, 6.07) is 7.20. The molecule has 4 rings (SSSR count). The van der Waals surface area contributed by atoms with Gasteiger partial charge in [0.25, 0.3) is 0 Å². The molecule has 19 heavy (non-hydrogen) atoms. The second-order valence-electron chi connectivity index (χ2n) is 6.02. The van der Waals surface area contributed by atoms with Crippen LogP contribution in [0.4, 0.5) is 0 Å². The van der Waals surface area contributed by atoms with Crippen molar-refractivity contribution in [1.29, 1.82) is 0 Å². The standard InChI is InChI=1S/C16H20N2O/c19-5-4-10-6-13-12-2-1-3-14-16(12)11(9-18-14)7-15(13)17-8-10/h1-3,9-10,13,15,17-19H,4-8H2/t10-,13-,15-/m1/s1. The number of fused-ring (bicyclic) bond motifs is 2. The summed E-state index contributed by atoms with van der Waals surface area (Å²) in [4.78, 5) is 3.40. The number of hydrogen-bond donors (Lipinski definition) is 3. The molecule has 0 unspecified atom stereocenters. The molecule has 1 aliphatic carbocycles. The lowest BCUT2D eigenvalue weighted by molar-refractivity contribution is 0.205. The van der Waals surface area contributed by atoms with Crippen LogP contribution in [-0.4, -0.2) is 29.3 Å². The quantitative estimate of drug-likeness (QED) is 0.771. The number of nitrogens with one attached hydrogen (secondary N) is 2. The second kappa shape index (κ2) is 4.36. The van der Waals surface area contributed by atoms with E-state index in [0.29, 0.717) is 24.5 Å². The topological polar surface area (TPSA) is 48.0 Å². The molecule has 1 aliphatic heterocycles. The molecule has 3 heteroatoms. The Morgan fingerprint density at radius 2 is 2.26 bits per heavy atom. The lowest BCUT2D eigenvalue weighted by Gasteiger charge is -2.40. The molecule has 0 bridgehead atoms. The van der Waals surface area contributed by atoms with Crippen LogP contribution in [0.1, 0.15) is 29.9 Å². The fraction of sp³-hybridized carbons (Fsp3) is 0.500. The van der Waals surface area contributed by atoms with Crippen molar-refractivity contribution in [2.75, 3.05) is 13.2 Å². The Balaban J connectivity index is 1.76. The Kier molecular flexibility index (Phi) is 2.64. The van der Waals surface area contributed by atoms with E-state index in [9.17, 15) is 0 Å². The fourth-order valence-corrected chi connectivity index (χ4v) is 4.02. The number of hydrogen-bond acceptors (Lipinski definition) is 2. The third kappa shape index (κ3) is 1.72. The summed E-state index contributed by atoms with van der Waals surface area (Å²) in [6.07, 6.45) is 5.44. The van der Waals surface area contributed by atoms with Gasteiger partial charge in [0.05, 0.1) is 0 Å². The minimum absolute atomic E-state index is 0.309. The number of aromatic amines is 1. The van der Waals surface area contributed by atoms with Gasteiger partial charge in [-0.15, -0.1) is 0 Å². The van der Waals surface area contributed by atoms with E-state index in [0.717, 1.165) is 19.4 Å². The molecule has 3 nitrogen and oxygen atoms in total. The number of rotatable bonds is 2. The van der Waals surface area contributed by atoms with Gasteiger partial charge in [-0.2, -0.15) is 0 Å². The molecule has 0 saturated carbocycles. The van der Waals surface area contributed by atoms with Gasteiger partial charge in [0.1, 0.15) is 0 Å². The molecule has 0 amide bonds. The zero-order valence-electron chi connectivity index (χ0n) is 11.0. The average Bonchev–Trinajstić information content (AvgIpc) is 2.85. The smallest absolute Gasteiger partial charge is 0.0459 e. The summed E-state index contributed by atoms with van der Waals surface area (Å²) in [6.45, 7) is 1.36. The Bertz CT molecular complexity index is 604. The predicted octanol–water partition coefficient (Wildman–Crippen LogP) is 2.17. The molecule has 2 aromatic rings. The summed E-state index contributed by atoms with van der Waals surface area (Å²) in [5, 5.41) is 14.3. The summed E-state index contributed by atoms with van der Waals surface area (Å²) >= 11 is 0. The third-order valence-corrected chi connectivity index (χ3v) is 4.94. The van der Waals surface area contributed by atoms with E-state index in [1.807, 2.05) is 0 Å². The van der Waals surface area contributed by atoms with Crippen molar-refractivity contribution < 1.29 is 5.11 Å². The van der Waals surface area contributed by atoms with Gasteiger partial charge in [-0.1, -0.05) is 12.1 Å². The summed E-state index contributed by atoms with van der Waals surface area (Å²) in [5.41, 5.74) is 4.23. The van der Waals surface area contributed by atoms with Crippen molar-refractivity contribution in [3.05, 3.63) is 35.5 Å². The van der Waals surface area contributed by atoms with Crippen LogP contribution in [0.2, 0.25) is 0 Å². The minimum atomic E-state index is 0.309. The van der Waals surface area contributed by atoms with E-state index < -0.39 is 0 Å². The first-order valence-corrected chi connectivity index (χ1v) is 7.30. The van der Waals surface area contributed by atoms with Crippen LogP contribution >= 0.6 is 0 Å². The highest BCUT2D eigenvalue weighted by Crippen LogP contribution is 2.42. The van der Waals surface area contributed by atoms with E-state index in [2.05, 4.69) is 34.7 Å². The Labute approximate surface area is 113 Å². The van der Waals surface area contributed by atoms with Crippen molar-refractivity contribution in [1.82, 2.24) is 10.3 Å². The molecule has 1 fully saturated rings. The number of aliphatic hydroxyl groups is 1. The van der Waals surface area contributed by atoms with Crippen LogP contribution < -0.4 is 5.32 Å². The van der Waals surface area contributed by atoms with Gasteiger partial charge in [-0.25, -0.2) is 0 Å². The molecule has 2 heterocycles. The maximum atomic E-state index is 9.16. The van der Waals surface area contributed by atoms with Crippen molar-refractivity contribution in [3.8, 4) is 0 Å². The lowest BCUT2D eigenvalue weighted by Crippen LogP contribution is -2.46. The molecule has 100 valence electrons. The monoisotopic (exact) mass is 256 g/mol. The molecule has 0 radical (unpaired) electrons. The van der Waals surface area contributed by atoms with Crippen LogP contribution in [0.25, 0.3) is 10.9 Å². The second-order valence-corrected chi connectivity index (χ2v) is 6.02. The summed E-state index contributed by atoms with van der Waals surface area (Å²) in [7, 11) is 0. The van der Waals surface area contributed by atoms with Gasteiger partial charge in [-0.05, 0) is 48.9 Å². The maximum Gasteiger partial charge on any atom is 0.0459 e. The first kappa shape index (κ1) is 11.5. The number of benzene rings is 1. The first-order valence-electron chi connectivity index (χ1n) is 7.30. The SMILES string of the molecule is OCC[C@H]1CN[C@@H]2Cc3c[nH]c4cccc(c34)[C@H]2C1. The van der Waals surface area contributed by atoms with Crippen molar-refractivity contribution >= 4 is 10.9 Å². The normalized spacial score (nSPS) is 29.4. The number of piperidine rings is 1. The van der Waals surface area contributed by atoms with Crippen LogP contribution in [-0.2, 0) is 6.42 Å². The third-order valence-electron chi connectivity index (χ3n) is 4.94. The largest absolute Gasteiger partial charge is 0.396 e. The van der Waals surface area contributed by atoms with Gasteiger partial charge < -0.3 is 15.4 Å². The van der Waals surface area contributed by atoms with Crippen LogP contribution in [0.5, 0.6) is 0 Å². The fourth-order valence-electron chi connectivity index (χ4n) is 4.02. The Morgan fingerprint density at radius 3 is 3.16 bits per heavy atom. The molecule has 3 atom stereocenters. The van der Waals surface area contributed by atoms with E-state index in [1.54, 1.807) is 0 Å². The Hall–Kier alpha value is -1.32. The molecule has 1 saturated heterocycles. The number of H-pyrrole nitrogens is 1. The van der Waals surface area contributed by atoms with E-state index in [-0.39, 0.29) is 0 Å². The van der Waals surface area contributed by atoms with E-state index in [1.165, 1.54) is 28.5 Å². The lowest BCUT2D eigenvalue weighted by atomic mass is 9.73. The minimum Gasteiger partial charge on any atom is -0.396 e. The number of aliphatic hydroxyl groups excluding tert-OH is 1. The molecule has 1 aromatic heterocycles. The van der Waals surface area contributed by atoms with E-state index in [4.69, 9.17) is 5.11 Å². The van der Waals surface area contributed by atoms with Crippen molar-refractivity contribution in [2.24, 2.45) is 5.92 Å². The van der Waals surface area contributed by atoms with Crippen molar-refractivity contribution in [2.45, 2.75) is 31.2 Å². The highest BCUT2D eigenvalue weighted by Gasteiger charge is 2.35. The zero-order chi connectivity index (χ0) is 12.8. The highest BCUT2D eigenvalue weighted by atomic mass is 16.3. The summed E-state index contributed by atoms with van der Waals surface area (Å²) < 4.78 is 0. The first-order chi connectivity index (χ1) is 9.36. The molecule has 1 aromatic carbocycles. The summed E-state index contributed by atoms with van der Waals surface area (Å²) in [5.74, 6) is 1.22. The molecular formula is C16H20N2O. The van der Waals surface area contributed by atoms with Gasteiger partial charge in [0.15, 0.2) is 0 Å². The zero-order valence-corrected chi connectivity index (χ0v) is 11.0. The molecule has 3 N–H and O–H groups in total. The maximum absolute atomic E-state index is 9.16. The Morgan fingerprint density at radius 1 is 1.32 bits per heavy atom. The molecule has 2 aliphatic rings. The van der Waals surface area contributed by atoms with Gasteiger partial charge in [0.2, 0.25) is 0 Å². The average molecular weight is 256 g/mol. The van der Waals surface area contributed by atoms with Crippen LogP contribution in [0.3, 0.4) is 0 Å². The molecular weight excluding hydrogens is 236 g/mol. The van der Waals surface area contributed by atoms with Gasteiger partial charge in [0, 0.05) is 35.7 Å². The van der Waals surface area contributed by atoms with Crippen molar-refractivity contribution in [3.63, 3.8) is 0 Å². The predicted molar refractivity (Wildman–Crippen MR) is 76.3 cm³/mol.